The van der Waals surface area contributed by atoms with Gasteiger partial charge in [0.25, 0.3) is 0 Å². The van der Waals surface area contributed by atoms with Gasteiger partial charge in [0.1, 0.15) is 17.3 Å². The van der Waals surface area contributed by atoms with E-state index in [0.29, 0.717) is 0 Å². The molecule has 0 saturated heterocycles. The first-order chi connectivity index (χ1) is 11.0. The lowest BCUT2D eigenvalue weighted by molar-refractivity contribution is 0.391. The van der Waals surface area contributed by atoms with Crippen molar-refractivity contribution in [3.8, 4) is 22.6 Å². The molecule has 3 rings (SSSR count). The zero-order valence-corrected chi connectivity index (χ0v) is 14.1. The highest BCUT2D eigenvalue weighted by Gasteiger charge is 2.15. The number of hydrogen-bond donors (Lipinski definition) is 0. The Kier molecular flexibility index (Phi) is 3.90. The molecule has 4 heteroatoms. The predicted molar refractivity (Wildman–Crippen MR) is 92.3 cm³/mol. The first-order valence-corrected chi connectivity index (χ1v) is 7.51. The fraction of sp³-hybridized carbons (Fsp3) is 0.263. The molecule has 23 heavy (non-hydrogen) atoms. The van der Waals surface area contributed by atoms with E-state index in [-0.39, 0.29) is 0 Å². The fourth-order valence-electron chi connectivity index (χ4n) is 3.00. The molecular formula is C19H20N2O2. The number of aryl methyl sites for hydroxylation is 1. The molecule has 0 N–H and O–H groups in total. The zero-order chi connectivity index (χ0) is 16.6. The monoisotopic (exact) mass is 308 g/mol. The summed E-state index contributed by atoms with van der Waals surface area (Å²) in [6, 6.07) is 8.16. The summed E-state index contributed by atoms with van der Waals surface area (Å²) in [5.74, 6) is 2.42. The molecule has 1 heterocycles. The van der Waals surface area contributed by atoms with Crippen molar-refractivity contribution in [2.24, 2.45) is 0 Å². The van der Waals surface area contributed by atoms with E-state index in [2.05, 4.69) is 35.9 Å². The SMILES string of the molecule is COc1cc(OC)c(C)c(-c2ccc3nc(C)ncc3c2)c1C. The quantitative estimate of drug-likeness (QED) is 0.726. The Morgan fingerprint density at radius 2 is 1.52 bits per heavy atom. The van der Waals surface area contributed by atoms with E-state index in [0.717, 1.165) is 50.5 Å². The molecule has 0 aliphatic carbocycles. The van der Waals surface area contributed by atoms with E-state index >= 15 is 0 Å². The topological polar surface area (TPSA) is 44.2 Å². The van der Waals surface area contributed by atoms with Crippen molar-refractivity contribution in [1.29, 1.82) is 0 Å². The lowest BCUT2D eigenvalue weighted by Crippen LogP contribution is -1.98. The van der Waals surface area contributed by atoms with Crippen molar-refractivity contribution >= 4 is 10.9 Å². The summed E-state index contributed by atoms with van der Waals surface area (Å²) >= 11 is 0. The van der Waals surface area contributed by atoms with Crippen LogP contribution in [-0.4, -0.2) is 24.2 Å². The van der Waals surface area contributed by atoms with Gasteiger partial charge in [0, 0.05) is 17.6 Å². The molecule has 0 unspecified atom stereocenters. The van der Waals surface area contributed by atoms with Crippen LogP contribution < -0.4 is 9.47 Å². The van der Waals surface area contributed by atoms with Crippen LogP contribution in [0.1, 0.15) is 17.0 Å². The summed E-state index contributed by atoms with van der Waals surface area (Å²) in [6.45, 7) is 6.03. The van der Waals surface area contributed by atoms with E-state index in [1.165, 1.54) is 0 Å². The average Bonchev–Trinajstić information content (AvgIpc) is 2.55. The van der Waals surface area contributed by atoms with Crippen LogP contribution in [0.2, 0.25) is 0 Å². The Balaban J connectivity index is 2.27. The van der Waals surface area contributed by atoms with Crippen molar-refractivity contribution in [3.63, 3.8) is 0 Å². The Labute approximate surface area is 136 Å². The molecule has 118 valence electrons. The molecule has 0 aliphatic rings. The maximum atomic E-state index is 5.50. The number of aromatic nitrogens is 2. The second-order valence-corrected chi connectivity index (χ2v) is 5.60. The van der Waals surface area contributed by atoms with E-state index in [4.69, 9.17) is 9.47 Å². The van der Waals surface area contributed by atoms with Crippen LogP contribution in [0.4, 0.5) is 0 Å². The van der Waals surface area contributed by atoms with Crippen molar-refractivity contribution in [1.82, 2.24) is 9.97 Å². The summed E-state index contributed by atoms with van der Waals surface area (Å²) in [4.78, 5) is 8.76. The van der Waals surface area contributed by atoms with Crippen LogP contribution in [0.25, 0.3) is 22.0 Å². The largest absolute Gasteiger partial charge is 0.496 e. The number of fused-ring (bicyclic) bond motifs is 1. The van der Waals surface area contributed by atoms with Crippen LogP contribution in [0.5, 0.6) is 11.5 Å². The maximum absolute atomic E-state index is 5.50. The predicted octanol–water partition coefficient (Wildman–Crippen LogP) is 4.24. The minimum Gasteiger partial charge on any atom is -0.496 e. The molecule has 3 aromatic rings. The minimum absolute atomic E-state index is 0.778. The van der Waals surface area contributed by atoms with Gasteiger partial charge < -0.3 is 9.47 Å². The van der Waals surface area contributed by atoms with Gasteiger partial charge >= 0.3 is 0 Å². The average molecular weight is 308 g/mol. The number of methoxy groups -OCH3 is 2. The number of hydrogen-bond acceptors (Lipinski definition) is 4. The summed E-state index contributed by atoms with van der Waals surface area (Å²) in [5.41, 5.74) is 5.38. The van der Waals surface area contributed by atoms with E-state index < -0.39 is 0 Å². The highest BCUT2D eigenvalue weighted by Crippen LogP contribution is 2.39. The number of rotatable bonds is 3. The molecule has 0 fully saturated rings. The minimum atomic E-state index is 0.778. The highest BCUT2D eigenvalue weighted by atomic mass is 16.5. The molecule has 4 nitrogen and oxygen atoms in total. The van der Waals surface area contributed by atoms with Crippen LogP contribution in [0.15, 0.2) is 30.5 Å². The van der Waals surface area contributed by atoms with Crippen molar-refractivity contribution in [2.75, 3.05) is 14.2 Å². The molecule has 1 aromatic heterocycles. The van der Waals surface area contributed by atoms with Gasteiger partial charge in [-0.2, -0.15) is 0 Å². The Morgan fingerprint density at radius 1 is 0.870 bits per heavy atom. The number of benzene rings is 2. The van der Waals surface area contributed by atoms with Crippen molar-refractivity contribution in [2.45, 2.75) is 20.8 Å². The van der Waals surface area contributed by atoms with Crippen LogP contribution >= 0.6 is 0 Å². The smallest absolute Gasteiger partial charge is 0.126 e. The van der Waals surface area contributed by atoms with Crippen LogP contribution in [0.3, 0.4) is 0 Å². The molecule has 2 aromatic carbocycles. The van der Waals surface area contributed by atoms with Gasteiger partial charge in [-0.3, -0.25) is 0 Å². The molecule has 0 radical (unpaired) electrons. The first kappa shape index (κ1) is 15.3. The molecule has 0 saturated carbocycles. The molecule has 0 spiro atoms. The van der Waals surface area contributed by atoms with Crippen molar-refractivity contribution in [3.05, 3.63) is 47.4 Å². The lowest BCUT2D eigenvalue weighted by atomic mass is 9.93. The van der Waals surface area contributed by atoms with Gasteiger partial charge in [-0.15, -0.1) is 0 Å². The number of nitrogens with zero attached hydrogens (tertiary/aromatic N) is 2. The zero-order valence-electron chi connectivity index (χ0n) is 14.1. The normalized spacial score (nSPS) is 10.8. The van der Waals surface area contributed by atoms with Gasteiger partial charge in [-0.05, 0) is 55.2 Å². The van der Waals surface area contributed by atoms with E-state index in [1.807, 2.05) is 25.3 Å². The second-order valence-electron chi connectivity index (χ2n) is 5.60. The molecule has 0 atom stereocenters. The number of ether oxygens (including phenoxy) is 2. The van der Waals surface area contributed by atoms with Gasteiger partial charge in [-0.1, -0.05) is 6.07 Å². The second kappa shape index (κ2) is 5.88. The van der Waals surface area contributed by atoms with Crippen LogP contribution in [0, 0.1) is 20.8 Å². The van der Waals surface area contributed by atoms with E-state index in [1.54, 1.807) is 14.2 Å². The molecule has 0 bridgehead atoms. The summed E-state index contributed by atoms with van der Waals surface area (Å²) in [5, 5.41) is 1.02. The third-order valence-corrected chi connectivity index (χ3v) is 4.18. The fourth-order valence-corrected chi connectivity index (χ4v) is 3.00. The van der Waals surface area contributed by atoms with Crippen LogP contribution in [-0.2, 0) is 0 Å². The van der Waals surface area contributed by atoms with Gasteiger partial charge in [0.05, 0.1) is 19.7 Å². The van der Waals surface area contributed by atoms with Gasteiger partial charge in [-0.25, -0.2) is 9.97 Å². The first-order valence-electron chi connectivity index (χ1n) is 7.51. The molecular weight excluding hydrogens is 288 g/mol. The third-order valence-electron chi connectivity index (χ3n) is 4.18. The highest BCUT2D eigenvalue weighted by molar-refractivity contribution is 5.86. The Morgan fingerprint density at radius 3 is 2.13 bits per heavy atom. The Hall–Kier alpha value is -2.62. The molecule has 0 aliphatic heterocycles. The summed E-state index contributed by atoms with van der Waals surface area (Å²) < 4.78 is 11.0. The van der Waals surface area contributed by atoms with Gasteiger partial charge in [0.2, 0.25) is 0 Å². The maximum Gasteiger partial charge on any atom is 0.126 e. The third kappa shape index (κ3) is 2.61. The Bertz CT molecular complexity index is 860. The summed E-state index contributed by atoms with van der Waals surface area (Å²) in [7, 11) is 3.36. The van der Waals surface area contributed by atoms with Gasteiger partial charge in [0.15, 0.2) is 0 Å². The summed E-state index contributed by atoms with van der Waals surface area (Å²) in [6.07, 6.45) is 1.86. The van der Waals surface area contributed by atoms with E-state index in [9.17, 15) is 0 Å². The molecule has 0 amide bonds. The standard InChI is InChI=1S/C19H20N2O2/c1-11-17(22-4)9-18(23-5)12(2)19(11)14-6-7-16-15(8-14)10-20-13(3)21-16/h6-10H,1-5H3. The van der Waals surface area contributed by atoms with Crippen molar-refractivity contribution < 1.29 is 9.47 Å². The lowest BCUT2D eigenvalue weighted by Gasteiger charge is -2.17.